The van der Waals surface area contributed by atoms with Gasteiger partial charge in [0.1, 0.15) is 5.60 Å². The largest absolute Gasteiger partial charge is 0.459 e. The maximum Gasteiger partial charge on any atom is 0.416 e. The highest BCUT2D eigenvalue weighted by Crippen LogP contribution is 2.35. The van der Waals surface area contributed by atoms with Crippen molar-refractivity contribution in [2.45, 2.75) is 53.3 Å². The third kappa shape index (κ3) is 6.10. The first kappa shape index (κ1) is 24.3. The van der Waals surface area contributed by atoms with E-state index in [0.717, 1.165) is 0 Å². The molecule has 0 N–H and O–H groups in total. The fourth-order valence-electron chi connectivity index (χ4n) is 2.35. The van der Waals surface area contributed by atoms with Crippen LogP contribution >= 0.6 is 0 Å². The van der Waals surface area contributed by atoms with E-state index in [1.807, 2.05) is 0 Å². The van der Waals surface area contributed by atoms with Gasteiger partial charge in [-0.3, -0.25) is 24.5 Å². The van der Waals surface area contributed by atoms with Gasteiger partial charge in [-0.05, 0) is 32.9 Å². The quantitative estimate of drug-likeness (QED) is 0.232. The molecule has 0 amide bonds. The Morgan fingerprint density at radius 2 is 1.55 bits per heavy atom. The molecule has 0 bridgehead atoms. The lowest BCUT2D eigenvalue weighted by molar-refractivity contribution is -0.385. The molecule has 0 aliphatic heterocycles. The summed E-state index contributed by atoms with van der Waals surface area (Å²) in [7, 11) is 0. The average molecular weight is 417 g/mol. The lowest BCUT2D eigenvalue weighted by atomic mass is 9.79. The number of rotatable bonds is 5. The highest BCUT2D eigenvalue weighted by molar-refractivity contribution is 6.24. The standard InChI is InChI=1S/C19H22F3NO6/c1-17(2,3)15(25)13(16(26)29-18(4,5)6)14(24)11-8-7-10(19(20,21)22)9-12(11)23(27)28/h7-9,13H,1-6H3. The summed E-state index contributed by atoms with van der Waals surface area (Å²) in [6.45, 7) is 8.78. The third-order valence-corrected chi connectivity index (χ3v) is 3.69. The van der Waals surface area contributed by atoms with Gasteiger partial charge in [0, 0.05) is 11.5 Å². The van der Waals surface area contributed by atoms with Gasteiger partial charge in [0.05, 0.1) is 16.1 Å². The number of nitro benzene ring substituents is 1. The second kappa shape index (κ2) is 7.92. The second-order valence-electron chi connectivity index (χ2n) is 8.43. The molecule has 0 spiro atoms. The van der Waals surface area contributed by atoms with Crippen LogP contribution < -0.4 is 0 Å². The zero-order chi connectivity index (χ0) is 22.9. The third-order valence-electron chi connectivity index (χ3n) is 3.69. The summed E-state index contributed by atoms with van der Waals surface area (Å²) < 4.78 is 43.8. The Bertz CT molecular complexity index is 847. The van der Waals surface area contributed by atoms with Crippen LogP contribution in [0.15, 0.2) is 18.2 Å². The number of alkyl halides is 3. The number of ketones is 2. The van der Waals surface area contributed by atoms with E-state index in [1.165, 1.54) is 41.5 Å². The Hall–Kier alpha value is -2.78. The summed E-state index contributed by atoms with van der Waals surface area (Å²) in [5.41, 5.74) is -5.54. The van der Waals surface area contributed by atoms with E-state index in [-0.39, 0.29) is 6.07 Å². The van der Waals surface area contributed by atoms with Crippen LogP contribution in [0.3, 0.4) is 0 Å². The minimum absolute atomic E-state index is 0.195. The van der Waals surface area contributed by atoms with E-state index in [9.17, 15) is 37.7 Å². The van der Waals surface area contributed by atoms with Gasteiger partial charge in [-0.1, -0.05) is 20.8 Å². The van der Waals surface area contributed by atoms with Gasteiger partial charge in [0.2, 0.25) is 0 Å². The Labute approximate surface area is 165 Å². The van der Waals surface area contributed by atoms with Gasteiger partial charge in [0.15, 0.2) is 17.5 Å². The normalized spacial score (nSPS) is 13.6. The van der Waals surface area contributed by atoms with E-state index in [2.05, 4.69) is 0 Å². The predicted octanol–water partition coefficient (Wildman–Crippen LogP) is 4.37. The van der Waals surface area contributed by atoms with Crippen LogP contribution in [0.2, 0.25) is 0 Å². The molecule has 1 atom stereocenters. The highest BCUT2D eigenvalue weighted by Gasteiger charge is 2.45. The van der Waals surface area contributed by atoms with E-state index >= 15 is 0 Å². The minimum Gasteiger partial charge on any atom is -0.459 e. The minimum atomic E-state index is -4.88. The molecule has 1 rings (SSSR count). The molecule has 1 aromatic carbocycles. The zero-order valence-electron chi connectivity index (χ0n) is 16.8. The van der Waals surface area contributed by atoms with E-state index in [0.29, 0.717) is 12.1 Å². The smallest absolute Gasteiger partial charge is 0.416 e. The number of carbonyl (C=O) groups is 3. The van der Waals surface area contributed by atoms with Crippen molar-refractivity contribution in [3.8, 4) is 0 Å². The molecular formula is C19H22F3NO6. The van der Waals surface area contributed by atoms with Crippen molar-refractivity contribution in [1.29, 1.82) is 0 Å². The van der Waals surface area contributed by atoms with Gasteiger partial charge in [0.25, 0.3) is 5.69 Å². The molecule has 0 aromatic heterocycles. The summed E-state index contributed by atoms with van der Waals surface area (Å²) in [5, 5.41) is 11.3. The van der Waals surface area contributed by atoms with Crippen molar-refractivity contribution >= 4 is 23.2 Å². The second-order valence-corrected chi connectivity index (χ2v) is 8.43. The van der Waals surface area contributed by atoms with Crippen LogP contribution in [-0.4, -0.2) is 28.1 Å². The molecule has 0 fully saturated rings. The number of nitro groups is 1. The average Bonchev–Trinajstić information content (AvgIpc) is 2.50. The summed E-state index contributed by atoms with van der Waals surface area (Å²) in [4.78, 5) is 48.3. The Morgan fingerprint density at radius 3 is 1.93 bits per heavy atom. The van der Waals surface area contributed by atoms with Crippen LogP contribution in [-0.2, 0) is 20.5 Å². The van der Waals surface area contributed by atoms with Crippen molar-refractivity contribution < 1.29 is 37.2 Å². The SMILES string of the molecule is CC(C)(C)OC(=O)C(C(=O)c1ccc(C(F)(F)F)cc1[N+](=O)[O-])C(=O)C(C)(C)C. The summed E-state index contributed by atoms with van der Waals surface area (Å²) in [5.74, 6) is -5.44. The Balaban J connectivity index is 3.59. The molecule has 29 heavy (non-hydrogen) atoms. The molecule has 0 saturated carbocycles. The Kier molecular flexibility index (Phi) is 6.62. The molecule has 0 heterocycles. The monoisotopic (exact) mass is 417 g/mol. The van der Waals surface area contributed by atoms with Crippen LogP contribution in [0.1, 0.15) is 57.5 Å². The van der Waals surface area contributed by atoms with Crippen molar-refractivity contribution in [3.63, 3.8) is 0 Å². The summed E-state index contributed by atoms with van der Waals surface area (Å²) in [6, 6.07) is 1.27. The van der Waals surface area contributed by atoms with E-state index in [4.69, 9.17) is 4.74 Å². The topological polar surface area (TPSA) is 104 Å². The van der Waals surface area contributed by atoms with Gasteiger partial charge < -0.3 is 4.74 Å². The maximum absolute atomic E-state index is 12.9. The van der Waals surface area contributed by atoms with Gasteiger partial charge >= 0.3 is 12.1 Å². The van der Waals surface area contributed by atoms with Crippen molar-refractivity contribution in [1.82, 2.24) is 0 Å². The van der Waals surface area contributed by atoms with Crippen molar-refractivity contribution in [2.75, 3.05) is 0 Å². The number of benzene rings is 1. The fourth-order valence-corrected chi connectivity index (χ4v) is 2.35. The molecule has 7 nitrogen and oxygen atoms in total. The summed E-state index contributed by atoms with van der Waals surface area (Å²) in [6.07, 6.45) is -4.88. The zero-order valence-corrected chi connectivity index (χ0v) is 16.8. The molecule has 0 aliphatic carbocycles. The number of ether oxygens (including phenoxy) is 1. The fraction of sp³-hybridized carbons (Fsp3) is 0.526. The van der Waals surface area contributed by atoms with Crippen LogP contribution in [0.25, 0.3) is 0 Å². The van der Waals surface area contributed by atoms with Crippen LogP contribution in [0, 0.1) is 21.4 Å². The number of halogens is 3. The van der Waals surface area contributed by atoms with Gasteiger partial charge in [-0.2, -0.15) is 13.2 Å². The van der Waals surface area contributed by atoms with Crippen LogP contribution in [0.5, 0.6) is 0 Å². The molecule has 0 radical (unpaired) electrons. The number of Topliss-reactive ketones (excluding diaryl/α,β-unsaturated/α-hetero) is 2. The molecule has 10 heteroatoms. The number of hydrogen-bond donors (Lipinski definition) is 0. The first-order chi connectivity index (χ1) is 12.9. The maximum atomic E-state index is 12.9. The lowest BCUT2D eigenvalue weighted by Crippen LogP contribution is -2.42. The predicted molar refractivity (Wildman–Crippen MR) is 96.2 cm³/mol. The molecule has 0 aliphatic rings. The highest BCUT2D eigenvalue weighted by atomic mass is 19.4. The molecule has 1 unspecified atom stereocenters. The van der Waals surface area contributed by atoms with Gasteiger partial charge in [-0.25, -0.2) is 0 Å². The number of esters is 1. The van der Waals surface area contributed by atoms with E-state index < -0.39 is 62.4 Å². The number of nitrogens with zero attached hydrogens (tertiary/aromatic N) is 1. The first-order valence-corrected chi connectivity index (χ1v) is 8.53. The number of hydrogen-bond acceptors (Lipinski definition) is 6. The van der Waals surface area contributed by atoms with Crippen molar-refractivity contribution in [3.05, 3.63) is 39.4 Å². The molecular weight excluding hydrogens is 395 g/mol. The summed E-state index contributed by atoms with van der Waals surface area (Å²) >= 11 is 0. The Morgan fingerprint density at radius 1 is 1.03 bits per heavy atom. The lowest BCUT2D eigenvalue weighted by Gasteiger charge is -2.26. The first-order valence-electron chi connectivity index (χ1n) is 8.53. The van der Waals surface area contributed by atoms with E-state index in [1.54, 1.807) is 0 Å². The molecule has 0 saturated heterocycles. The van der Waals surface area contributed by atoms with Crippen LogP contribution in [0.4, 0.5) is 18.9 Å². The molecule has 160 valence electrons. The van der Waals surface area contributed by atoms with Crippen molar-refractivity contribution in [2.24, 2.45) is 11.3 Å². The van der Waals surface area contributed by atoms with Gasteiger partial charge in [-0.15, -0.1) is 0 Å². The number of carbonyl (C=O) groups excluding carboxylic acids is 3. The molecule has 1 aromatic rings.